The van der Waals surface area contributed by atoms with Gasteiger partial charge in [0.2, 0.25) is 0 Å². The fourth-order valence-electron chi connectivity index (χ4n) is 6.20. The molecule has 2 atom stereocenters. The molecular weight excluding hydrogens is 564 g/mol. The number of amides is 1. The molecule has 0 bridgehead atoms. The van der Waals surface area contributed by atoms with Crippen LogP contribution in [0.25, 0.3) is 5.57 Å². The van der Waals surface area contributed by atoms with Gasteiger partial charge in [0.1, 0.15) is 18.0 Å². The van der Waals surface area contributed by atoms with Gasteiger partial charge in [0, 0.05) is 24.7 Å². The topological polar surface area (TPSA) is 51.2 Å². The molecule has 3 aliphatic rings. The van der Waals surface area contributed by atoms with Gasteiger partial charge in [0.25, 0.3) is 0 Å². The van der Waals surface area contributed by atoms with Gasteiger partial charge in [-0.3, -0.25) is 9.29 Å². The summed E-state index contributed by atoms with van der Waals surface area (Å²) in [5.41, 5.74) is 1.53. The van der Waals surface area contributed by atoms with E-state index in [-0.39, 0.29) is 63.2 Å². The van der Waals surface area contributed by atoms with Gasteiger partial charge < -0.3 is 19.1 Å². The van der Waals surface area contributed by atoms with Crippen molar-refractivity contribution < 1.29 is 36.6 Å². The van der Waals surface area contributed by atoms with Gasteiger partial charge in [-0.05, 0) is 81.4 Å². The minimum Gasteiger partial charge on any atom is -0.489 e. The quantitative estimate of drug-likeness (QED) is 0.279. The number of nitrogens with zero attached hydrogens (tertiary/aromatic N) is 2. The number of alkyl halides is 2. The lowest BCUT2D eigenvalue weighted by atomic mass is 9.83. The van der Waals surface area contributed by atoms with E-state index in [2.05, 4.69) is 0 Å². The van der Waals surface area contributed by atoms with Gasteiger partial charge in [-0.1, -0.05) is 24.3 Å². The van der Waals surface area contributed by atoms with Gasteiger partial charge in [-0.15, -0.1) is 0 Å². The second kappa shape index (κ2) is 12.5. The molecule has 2 aromatic carbocycles. The van der Waals surface area contributed by atoms with Gasteiger partial charge in [0.15, 0.2) is 17.2 Å². The zero-order valence-corrected chi connectivity index (χ0v) is 25.2. The third kappa shape index (κ3) is 6.70. The summed E-state index contributed by atoms with van der Waals surface area (Å²) in [6.07, 6.45) is 0.638. The van der Waals surface area contributed by atoms with Crippen molar-refractivity contribution in [2.24, 2.45) is 0 Å². The molecule has 2 aromatic rings. The molecule has 1 aliphatic carbocycles. The number of carbonyl (C=O) groups excluding carboxylic acids is 1. The van der Waals surface area contributed by atoms with E-state index in [0.29, 0.717) is 12.8 Å². The summed E-state index contributed by atoms with van der Waals surface area (Å²) in [5.74, 6) is -1.78. The lowest BCUT2D eigenvalue weighted by molar-refractivity contribution is -0.147. The van der Waals surface area contributed by atoms with Crippen LogP contribution in [-0.2, 0) is 15.9 Å². The smallest absolute Gasteiger partial charge is 0.410 e. The van der Waals surface area contributed by atoms with Crippen LogP contribution in [0.4, 0.5) is 22.4 Å². The number of carbonyl (C=O) groups is 1. The zero-order chi connectivity index (χ0) is 30.9. The summed E-state index contributed by atoms with van der Waals surface area (Å²) < 4.78 is 76.8. The SMILES string of the molecule is C[C@@H]1CC2=C(Cc3ccccc32)[C@@H](c2c(F)ccc(OCCN(CCCF)C(=O)OC(C)(C)C)c2F)N1CC1(F)COC1. The second-order valence-corrected chi connectivity index (χ2v) is 12.7. The second-order valence-electron chi connectivity index (χ2n) is 12.7. The minimum absolute atomic E-state index is 0.0165. The number of fused-ring (bicyclic) bond motifs is 2. The molecule has 2 heterocycles. The normalized spacial score (nSPS) is 21.2. The third-order valence-electron chi connectivity index (χ3n) is 8.22. The molecule has 0 spiro atoms. The Labute approximate surface area is 250 Å². The van der Waals surface area contributed by atoms with Crippen molar-refractivity contribution in [3.8, 4) is 5.75 Å². The molecule has 1 fully saturated rings. The molecule has 0 N–H and O–H groups in total. The highest BCUT2D eigenvalue weighted by molar-refractivity contribution is 5.79. The summed E-state index contributed by atoms with van der Waals surface area (Å²) >= 11 is 0. The number of halogens is 4. The Morgan fingerprint density at radius 1 is 1.14 bits per heavy atom. The van der Waals surface area contributed by atoms with E-state index in [0.717, 1.165) is 22.3 Å². The van der Waals surface area contributed by atoms with E-state index in [9.17, 15) is 9.18 Å². The predicted octanol–water partition coefficient (Wildman–Crippen LogP) is 6.82. The Morgan fingerprint density at radius 2 is 1.88 bits per heavy atom. The van der Waals surface area contributed by atoms with E-state index in [1.54, 1.807) is 20.8 Å². The van der Waals surface area contributed by atoms with E-state index >= 15 is 13.2 Å². The molecule has 6 nitrogen and oxygen atoms in total. The first-order valence-corrected chi connectivity index (χ1v) is 14.9. The number of ether oxygens (including phenoxy) is 3. The van der Waals surface area contributed by atoms with Crippen LogP contribution in [0, 0.1) is 11.6 Å². The van der Waals surface area contributed by atoms with Crippen LogP contribution < -0.4 is 4.74 Å². The molecule has 1 saturated heterocycles. The van der Waals surface area contributed by atoms with E-state index in [4.69, 9.17) is 14.2 Å². The van der Waals surface area contributed by atoms with Gasteiger partial charge in [0.05, 0.1) is 32.5 Å². The lowest BCUT2D eigenvalue weighted by Crippen LogP contribution is -2.57. The maximum atomic E-state index is 16.4. The number of hydrogen-bond acceptors (Lipinski definition) is 5. The minimum atomic E-state index is -1.60. The van der Waals surface area contributed by atoms with Gasteiger partial charge in [-0.2, -0.15) is 0 Å². The van der Waals surface area contributed by atoms with Gasteiger partial charge in [-0.25, -0.2) is 18.0 Å². The van der Waals surface area contributed by atoms with Crippen LogP contribution in [-0.4, -0.2) is 79.3 Å². The fourth-order valence-corrected chi connectivity index (χ4v) is 6.20. The first kappa shape index (κ1) is 31.3. The molecule has 0 radical (unpaired) electrons. The standard InChI is InChI=1S/C33H40F4N2O4/c1-21-16-24-23-9-6-5-8-22(23)17-25(24)30(39(21)18-33(37)19-41-20-33)28-26(35)10-11-27(29(28)36)42-15-14-38(13-7-12-34)31(40)43-32(2,3)4/h5-6,8-11,21,30H,7,12-20H2,1-4H3/t21-,30+/m1/s1. The Bertz CT molecular complexity index is 1370. The summed E-state index contributed by atoms with van der Waals surface area (Å²) in [7, 11) is 0. The Kier molecular flexibility index (Phi) is 9.09. The molecular formula is C33H40F4N2O4. The molecule has 1 amide bonds. The maximum absolute atomic E-state index is 16.4. The highest BCUT2D eigenvalue weighted by Gasteiger charge is 2.48. The average Bonchev–Trinajstić information content (AvgIpc) is 3.29. The summed E-state index contributed by atoms with van der Waals surface area (Å²) in [4.78, 5) is 15.8. The monoisotopic (exact) mass is 604 g/mol. The van der Waals surface area contributed by atoms with Gasteiger partial charge >= 0.3 is 6.09 Å². The Balaban J connectivity index is 1.44. The highest BCUT2D eigenvalue weighted by Crippen LogP contribution is 2.51. The molecule has 0 aromatic heterocycles. The molecule has 5 rings (SSSR count). The molecule has 10 heteroatoms. The average molecular weight is 605 g/mol. The third-order valence-corrected chi connectivity index (χ3v) is 8.22. The van der Waals surface area contributed by atoms with E-state index in [1.165, 1.54) is 17.0 Å². The highest BCUT2D eigenvalue weighted by atomic mass is 19.1. The number of benzene rings is 2. The van der Waals surface area contributed by atoms with Crippen LogP contribution in [0.15, 0.2) is 42.0 Å². The van der Waals surface area contributed by atoms with Crippen molar-refractivity contribution in [3.63, 3.8) is 0 Å². The summed E-state index contributed by atoms with van der Waals surface area (Å²) in [6.45, 7) is 6.40. The predicted molar refractivity (Wildman–Crippen MR) is 156 cm³/mol. The van der Waals surface area contributed by atoms with Crippen LogP contribution >= 0.6 is 0 Å². The summed E-state index contributed by atoms with van der Waals surface area (Å²) in [6, 6.07) is 9.29. The van der Waals surface area contributed by atoms with Crippen molar-refractivity contribution in [1.82, 2.24) is 9.80 Å². The van der Waals surface area contributed by atoms with Crippen molar-refractivity contribution >= 4 is 11.7 Å². The van der Waals surface area contributed by atoms with E-state index < -0.39 is 41.7 Å². The molecule has 0 saturated carbocycles. The van der Waals surface area contributed by atoms with Crippen molar-refractivity contribution in [3.05, 3.63) is 70.3 Å². The first-order chi connectivity index (χ1) is 20.4. The number of rotatable bonds is 10. The van der Waals surface area contributed by atoms with Crippen LogP contribution in [0.3, 0.4) is 0 Å². The van der Waals surface area contributed by atoms with Crippen molar-refractivity contribution in [2.75, 3.05) is 46.1 Å². The molecule has 2 aliphatic heterocycles. The van der Waals surface area contributed by atoms with Crippen LogP contribution in [0.1, 0.15) is 63.3 Å². The van der Waals surface area contributed by atoms with Crippen molar-refractivity contribution in [2.45, 2.75) is 70.3 Å². The molecule has 43 heavy (non-hydrogen) atoms. The lowest BCUT2D eigenvalue weighted by Gasteiger charge is -2.47. The van der Waals surface area contributed by atoms with Crippen LogP contribution in [0.5, 0.6) is 5.75 Å². The Morgan fingerprint density at radius 3 is 2.56 bits per heavy atom. The molecule has 234 valence electrons. The fraction of sp³-hybridized carbons (Fsp3) is 0.545. The first-order valence-electron chi connectivity index (χ1n) is 14.9. The van der Waals surface area contributed by atoms with Crippen LogP contribution in [0.2, 0.25) is 0 Å². The van der Waals surface area contributed by atoms with Crippen molar-refractivity contribution in [1.29, 1.82) is 0 Å². The zero-order valence-electron chi connectivity index (χ0n) is 25.2. The maximum Gasteiger partial charge on any atom is 0.410 e. The summed E-state index contributed by atoms with van der Waals surface area (Å²) in [5, 5.41) is 0. The largest absolute Gasteiger partial charge is 0.489 e. The van der Waals surface area contributed by atoms with E-state index in [1.807, 2.05) is 36.1 Å². The number of hydrogen-bond donors (Lipinski definition) is 0. The Hall–Kier alpha value is -3.11. The molecule has 0 unspecified atom stereocenters.